The molecule has 144 valence electrons. The van der Waals surface area contributed by atoms with Crippen LogP contribution in [-0.2, 0) is 4.79 Å². The van der Waals surface area contributed by atoms with Gasteiger partial charge in [-0.25, -0.2) is 5.43 Å². The van der Waals surface area contributed by atoms with Crippen molar-refractivity contribution in [1.82, 2.24) is 5.43 Å². The van der Waals surface area contributed by atoms with Gasteiger partial charge in [-0.3, -0.25) is 4.79 Å². The van der Waals surface area contributed by atoms with Gasteiger partial charge in [0.15, 0.2) is 17.6 Å². The van der Waals surface area contributed by atoms with Gasteiger partial charge < -0.3 is 14.6 Å². The molecule has 0 aliphatic carbocycles. The lowest BCUT2D eigenvalue weighted by atomic mass is 10.1. The third-order valence-electron chi connectivity index (χ3n) is 4.08. The number of phenols is 1. The van der Waals surface area contributed by atoms with Gasteiger partial charge in [-0.05, 0) is 60.5 Å². The van der Waals surface area contributed by atoms with Crippen LogP contribution in [0.25, 0.3) is 10.8 Å². The first-order valence-electron chi connectivity index (χ1n) is 9.01. The molecule has 0 aliphatic rings. The summed E-state index contributed by atoms with van der Waals surface area (Å²) in [6.07, 6.45) is 0.764. The zero-order valence-corrected chi connectivity index (χ0v) is 15.8. The summed E-state index contributed by atoms with van der Waals surface area (Å²) in [7, 11) is 0. The maximum atomic E-state index is 12.2. The van der Waals surface area contributed by atoms with Crippen LogP contribution in [-0.4, -0.2) is 29.9 Å². The Bertz CT molecular complexity index is 1000. The van der Waals surface area contributed by atoms with E-state index in [9.17, 15) is 9.90 Å². The summed E-state index contributed by atoms with van der Waals surface area (Å²) in [5.74, 6) is 0.671. The van der Waals surface area contributed by atoms with Crippen LogP contribution in [0.1, 0.15) is 19.4 Å². The van der Waals surface area contributed by atoms with Crippen LogP contribution in [0.2, 0.25) is 0 Å². The number of aromatic hydroxyl groups is 1. The van der Waals surface area contributed by atoms with Crippen molar-refractivity contribution in [1.29, 1.82) is 0 Å². The number of nitrogens with zero attached hydrogens (tertiary/aromatic N) is 1. The van der Waals surface area contributed by atoms with E-state index >= 15 is 0 Å². The molecule has 0 aliphatic heterocycles. The molecule has 2 N–H and O–H groups in total. The van der Waals surface area contributed by atoms with Crippen molar-refractivity contribution in [3.8, 4) is 17.2 Å². The van der Waals surface area contributed by atoms with Crippen LogP contribution < -0.4 is 14.9 Å². The van der Waals surface area contributed by atoms with Crippen molar-refractivity contribution in [2.75, 3.05) is 6.61 Å². The molecule has 0 bridgehead atoms. The molecular formula is C22H22N2O4. The van der Waals surface area contributed by atoms with Gasteiger partial charge in [-0.2, -0.15) is 5.10 Å². The molecule has 3 aromatic rings. The normalized spacial score (nSPS) is 12.1. The maximum absolute atomic E-state index is 12.2. The van der Waals surface area contributed by atoms with Crippen LogP contribution >= 0.6 is 0 Å². The zero-order chi connectivity index (χ0) is 19.9. The topological polar surface area (TPSA) is 80.2 Å². The van der Waals surface area contributed by atoms with Crippen LogP contribution in [0, 0.1) is 0 Å². The Balaban J connectivity index is 1.59. The maximum Gasteiger partial charge on any atom is 0.280 e. The summed E-state index contributed by atoms with van der Waals surface area (Å²) < 4.78 is 11.0. The average molecular weight is 378 g/mol. The number of hydrazone groups is 1. The van der Waals surface area contributed by atoms with E-state index in [2.05, 4.69) is 10.5 Å². The fraction of sp³-hybridized carbons (Fsp3) is 0.182. The standard InChI is InChI=1S/C22H22N2O4/c1-3-27-21-12-16(8-11-20(21)25)14-23-24-22(26)15(2)28-19-10-9-17-6-4-5-7-18(17)13-19/h4-15,25H,3H2,1-2H3,(H,24,26)/b23-14-/t15-/m0/s1. The molecule has 0 unspecified atom stereocenters. The molecule has 0 saturated carbocycles. The number of nitrogens with one attached hydrogen (secondary N) is 1. The summed E-state index contributed by atoms with van der Waals surface area (Å²) in [4.78, 5) is 12.2. The monoisotopic (exact) mass is 378 g/mol. The van der Waals surface area contributed by atoms with Crippen molar-refractivity contribution in [3.05, 3.63) is 66.2 Å². The number of rotatable bonds is 7. The van der Waals surface area contributed by atoms with Crippen LogP contribution in [0.3, 0.4) is 0 Å². The minimum Gasteiger partial charge on any atom is -0.504 e. The molecule has 0 fully saturated rings. The van der Waals surface area contributed by atoms with Gasteiger partial charge in [0, 0.05) is 0 Å². The molecule has 6 heteroatoms. The van der Waals surface area contributed by atoms with Gasteiger partial charge in [0.05, 0.1) is 12.8 Å². The molecule has 0 heterocycles. The predicted molar refractivity (Wildman–Crippen MR) is 109 cm³/mol. The summed E-state index contributed by atoms with van der Waals surface area (Å²) in [6.45, 7) is 3.93. The average Bonchev–Trinajstić information content (AvgIpc) is 2.70. The van der Waals surface area contributed by atoms with E-state index in [0.29, 0.717) is 23.7 Å². The van der Waals surface area contributed by atoms with Gasteiger partial charge in [-0.15, -0.1) is 0 Å². The van der Waals surface area contributed by atoms with E-state index in [1.54, 1.807) is 19.1 Å². The van der Waals surface area contributed by atoms with Gasteiger partial charge in [0.2, 0.25) is 0 Å². The highest BCUT2D eigenvalue weighted by atomic mass is 16.5. The summed E-state index contributed by atoms with van der Waals surface area (Å²) in [6, 6.07) is 18.4. The molecule has 3 rings (SSSR count). The van der Waals surface area contributed by atoms with Crippen molar-refractivity contribution in [2.24, 2.45) is 5.10 Å². The first kappa shape index (κ1) is 19.2. The Morgan fingerprint density at radius 1 is 1.14 bits per heavy atom. The molecule has 0 aromatic heterocycles. The summed E-state index contributed by atoms with van der Waals surface area (Å²) in [5, 5.41) is 15.8. The number of carbonyl (C=O) groups excluding carboxylic acids is 1. The fourth-order valence-corrected chi connectivity index (χ4v) is 2.64. The van der Waals surface area contributed by atoms with Crippen molar-refractivity contribution in [2.45, 2.75) is 20.0 Å². The van der Waals surface area contributed by atoms with E-state index in [4.69, 9.17) is 9.47 Å². The summed E-state index contributed by atoms with van der Waals surface area (Å²) >= 11 is 0. The Hall–Kier alpha value is -3.54. The minimum atomic E-state index is -0.711. The Labute approximate surface area is 163 Å². The van der Waals surface area contributed by atoms with Crippen molar-refractivity contribution < 1.29 is 19.4 Å². The van der Waals surface area contributed by atoms with Crippen LogP contribution in [0.4, 0.5) is 0 Å². The molecule has 0 spiro atoms. The largest absolute Gasteiger partial charge is 0.504 e. The first-order valence-corrected chi connectivity index (χ1v) is 9.01. The lowest BCUT2D eigenvalue weighted by Crippen LogP contribution is -2.33. The van der Waals surface area contributed by atoms with E-state index in [0.717, 1.165) is 10.8 Å². The van der Waals surface area contributed by atoms with E-state index in [-0.39, 0.29) is 11.7 Å². The predicted octanol–water partition coefficient (Wildman–Crippen LogP) is 3.86. The smallest absolute Gasteiger partial charge is 0.280 e. The highest BCUT2D eigenvalue weighted by Crippen LogP contribution is 2.26. The summed E-state index contributed by atoms with van der Waals surface area (Å²) in [5.41, 5.74) is 3.14. The highest BCUT2D eigenvalue weighted by Gasteiger charge is 2.14. The number of carbonyl (C=O) groups is 1. The Morgan fingerprint density at radius 2 is 1.93 bits per heavy atom. The molecule has 0 saturated heterocycles. The number of hydrogen-bond acceptors (Lipinski definition) is 5. The minimum absolute atomic E-state index is 0.0560. The molecule has 28 heavy (non-hydrogen) atoms. The zero-order valence-electron chi connectivity index (χ0n) is 15.8. The third kappa shape index (κ3) is 4.79. The Kier molecular flexibility index (Phi) is 6.11. The molecule has 0 radical (unpaired) electrons. The Morgan fingerprint density at radius 3 is 2.71 bits per heavy atom. The SMILES string of the molecule is CCOc1cc(/C=N\NC(=O)[C@H](C)Oc2ccc3ccccc3c2)ccc1O. The number of hydrogen-bond donors (Lipinski definition) is 2. The second-order valence-corrected chi connectivity index (χ2v) is 6.16. The number of amides is 1. The molecule has 1 amide bonds. The van der Waals surface area contributed by atoms with E-state index < -0.39 is 6.10 Å². The molecule has 6 nitrogen and oxygen atoms in total. The van der Waals surface area contributed by atoms with Gasteiger partial charge in [0.1, 0.15) is 5.75 Å². The lowest BCUT2D eigenvalue weighted by molar-refractivity contribution is -0.127. The van der Waals surface area contributed by atoms with Crippen LogP contribution in [0.5, 0.6) is 17.2 Å². The molecule has 1 atom stereocenters. The molecule has 3 aromatic carbocycles. The number of benzene rings is 3. The van der Waals surface area contributed by atoms with Crippen molar-refractivity contribution >= 4 is 22.9 Å². The van der Waals surface area contributed by atoms with E-state index in [1.165, 1.54) is 12.3 Å². The highest BCUT2D eigenvalue weighted by molar-refractivity contribution is 5.86. The van der Waals surface area contributed by atoms with Gasteiger partial charge in [0.25, 0.3) is 5.91 Å². The lowest BCUT2D eigenvalue weighted by Gasteiger charge is -2.13. The van der Waals surface area contributed by atoms with Crippen molar-refractivity contribution in [3.63, 3.8) is 0 Å². The second kappa shape index (κ2) is 8.90. The fourth-order valence-electron chi connectivity index (χ4n) is 2.64. The van der Waals surface area contributed by atoms with Crippen LogP contribution in [0.15, 0.2) is 65.8 Å². The third-order valence-corrected chi connectivity index (χ3v) is 4.08. The molecular weight excluding hydrogens is 356 g/mol. The van der Waals surface area contributed by atoms with Gasteiger partial charge >= 0.3 is 0 Å². The number of fused-ring (bicyclic) bond motifs is 1. The number of ether oxygens (including phenoxy) is 2. The van der Waals surface area contributed by atoms with E-state index in [1.807, 2.05) is 49.4 Å². The quantitative estimate of drug-likeness (QED) is 0.483. The second-order valence-electron chi connectivity index (χ2n) is 6.16. The first-order chi connectivity index (χ1) is 13.6. The van der Waals surface area contributed by atoms with Gasteiger partial charge in [-0.1, -0.05) is 30.3 Å². The number of phenolic OH excluding ortho intramolecular Hbond substituents is 1.